The van der Waals surface area contributed by atoms with Crippen molar-refractivity contribution in [3.8, 4) is 0 Å². The first-order valence-corrected chi connectivity index (χ1v) is 10.9. The molecule has 1 aliphatic carbocycles. The summed E-state index contributed by atoms with van der Waals surface area (Å²) in [5, 5.41) is 3.05. The number of sulfonamides is 1. The molecule has 1 saturated carbocycles. The molecule has 0 aliphatic heterocycles. The Morgan fingerprint density at radius 1 is 1.00 bits per heavy atom. The van der Waals surface area contributed by atoms with Gasteiger partial charge in [-0.2, -0.15) is 0 Å². The van der Waals surface area contributed by atoms with Crippen LogP contribution in [0.25, 0.3) is 0 Å². The third kappa shape index (κ3) is 4.50. The Kier molecular flexibility index (Phi) is 6.16. The Balaban J connectivity index is 1.76. The van der Waals surface area contributed by atoms with E-state index < -0.39 is 10.0 Å². The van der Waals surface area contributed by atoms with Gasteiger partial charge < -0.3 is 5.32 Å². The predicted molar refractivity (Wildman–Crippen MR) is 107 cm³/mol. The van der Waals surface area contributed by atoms with Crippen LogP contribution in [0.2, 0.25) is 0 Å². The zero-order valence-corrected chi connectivity index (χ0v) is 16.4. The van der Waals surface area contributed by atoms with E-state index in [1.807, 2.05) is 18.2 Å². The molecule has 0 bridgehead atoms. The van der Waals surface area contributed by atoms with E-state index in [1.165, 1.54) is 22.9 Å². The van der Waals surface area contributed by atoms with Crippen LogP contribution in [-0.4, -0.2) is 26.9 Å². The minimum atomic E-state index is -3.67. The molecule has 144 valence electrons. The van der Waals surface area contributed by atoms with Crippen LogP contribution in [0.1, 0.15) is 49.4 Å². The molecule has 1 N–H and O–H groups in total. The van der Waals surface area contributed by atoms with Gasteiger partial charge in [-0.3, -0.25) is 9.10 Å². The van der Waals surface area contributed by atoms with Gasteiger partial charge in [-0.1, -0.05) is 37.5 Å². The summed E-state index contributed by atoms with van der Waals surface area (Å²) in [4.78, 5) is 12.6. The first-order chi connectivity index (χ1) is 13.0. The molecular weight excluding hydrogens is 360 g/mol. The summed E-state index contributed by atoms with van der Waals surface area (Å²) >= 11 is 0. The van der Waals surface area contributed by atoms with E-state index in [9.17, 15) is 13.2 Å². The topological polar surface area (TPSA) is 66.5 Å². The van der Waals surface area contributed by atoms with E-state index in [2.05, 4.69) is 5.32 Å². The van der Waals surface area contributed by atoms with Crippen molar-refractivity contribution in [3.05, 3.63) is 60.2 Å². The molecule has 6 heteroatoms. The lowest BCUT2D eigenvalue weighted by Crippen LogP contribution is -2.36. The van der Waals surface area contributed by atoms with Crippen molar-refractivity contribution in [1.29, 1.82) is 0 Å². The molecular formula is C21H26N2O3S. The van der Waals surface area contributed by atoms with Gasteiger partial charge in [0.15, 0.2) is 0 Å². The quantitative estimate of drug-likeness (QED) is 0.817. The lowest BCUT2D eigenvalue weighted by molar-refractivity contribution is 0.0927. The average molecular weight is 387 g/mol. The van der Waals surface area contributed by atoms with Gasteiger partial charge in [0.25, 0.3) is 15.9 Å². The Morgan fingerprint density at radius 2 is 1.63 bits per heavy atom. The van der Waals surface area contributed by atoms with Gasteiger partial charge in [0.05, 0.1) is 10.6 Å². The number of hydrogen-bond acceptors (Lipinski definition) is 3. The Morgan fingerprint density at radius 3 is 2.22 bits per heavy atom. The molecule has 0 unspecified atom stereocenters. The van der Waals surface area contributed by atoms with Gasteiger partial charge in [-0.25, -0.2) is 8.42 Å². The van der Waals surface area contributed by atoms with E-state index in [1.54, 1.807) is 31.2 Å². The number of nitrogens with one attached hydrogen (secondary N) is 1. The third-order valence-corrected chi connectivity index (χ3v) is 6.89. The molecule has 1 fully saturated rings. The summed E-state index contributed by atoms with van der Waals surface area (Å²) < 4.78 is 27.3. The van der Waals surface area contributed by atoms with Crippen molar-refractivity contribution >= 4 is 21.6 Å². The predicted octanol–water partition coefficient (Wildman–Crippen LogP) is 3.96. The lowest BCUT2D eigenvalue weighted by atomic mass is 9.95. The fourth-order valence-electron chi connectivity index (χ4n) is 3.51. The van der Waals surface area contributed by atoms with E-state index >= 15 is 0 Å². The molecule has 2 aromatic rings. The first-order valence-electron chi connectivity index (χ1n) is 9.51. The highest BCUT2D eigenvalue weighted by Gasteiger charge is 2.24. The van der Waals surface area contributed by atoms with Crippen molar-refractivity contribution in [2.75, 3.05) is 10.8 Å². The second-order valence-corrected chi connectivity index (χ2v) is 8.70. The number of carbonyl (C=O) groups is 1. The minimum absolute atomic E-state index is 0.138. The molecule has 0 atom stereocenters. The van der Waals surface area contributed by atoms with Gasteiger partial charge in [0, 0.05) is 18.2 Å². The van der Waals surface area contributed by atoms with E-state index in [-0.39, 0.29) is 16.8 Å². The summed E-state index contributed by atoms with van der Waals surface area (Å²) in [5.74, 6) is -0.138. The van der Waals surface area contributed by atoms with E-state index in [0.29, 0.717) is 17.8 Å². The van der Waals surface area contributed by atoms with Gasteiger partial charge in [-0.05, 0) is 56.2 Å². The zero-order chi connectivity index (χ0) is 19.3. The number of carbonyl (C=O) groups excluding carboxylic acids is 1. The van der Waals surface area contributed by atoms with Crippen LogP contribution in [0.15, 0.2) is 59.5 Å². The van der Waals surface area contributed by atoms with Gasteiger partial charge >= 0.3 is 0 Å². The van der Waals surface area contributed by atoms with Crippen LogP contribution in [0.3, 0.4) is 0 Å². The van der Waals surface area contributed by atoms with Crippen molar-refractivity contribution in [3.63, 3.8) is 0 Å². The van der Waals surface area contributed by atoms with Gasteiger partial charge in [0.2, 0.25) is 0 Å². The van der Waals surface area contributed by atoms with Crippen LogP contribution in [0, 0.1) is 0 Å². The number of hydrogen-bond donors (Lipinski definition) is 1. The monoisotopic (exact) mass is 386 g/mol. The molecule has 0 radical (unpaired) electrons. The molecule has 3 rings (SSSR count). The summed E-state index contributed by atoms with van der Waals surface area (Å²) in [7, 11) is -3.67. The van der Waals surface area contributed by atoms with Crippen molar-refractivity contribution < 1.29 is 13.2 Å². The van der Waals surface area contributed by atoms with Crippen LogP contribution >= 0.6 is 0 Å². The van der Waals surface area contributed by atoms with Gasteiger partial charge in [0.1, 0.15) is 0 Å². The molecule has 0 spiro atoms. The molecule has 27 heavy (non-hydrogen) atoms. The van der Waals surface area contributed by atoms with E-state index in [0.717, 1.165) is 25.7 Å². The maximum absolute atomic E-state index is 13.0. The van der Waals surface area contributed by atoms with Crippen LogP contribution < -0.4 is 9.62 Å². The zero-order valence-electron chi connectivity index (χ0n) is 15.6. The lowest BCUT2D eigenvalue weighted by Gasteiger charge is -2.23. The molecule has 5 nitrogen and oxygen atoms in total. The molecule has 1 aliphatic rings. The maximum atomic E-state index is 13.0. The summed E-state index contributed by atoms with van der Waals surface area (Å²) in [6.45, 7) is 2.13. The van der Waals surface area contributed by atoms with Crippen molar-refractivity contribution in [2.24, 2.45) is 0 Å². The maximum Gasteiger partial charge on any atom is 0.264 e. The minimum Gasteiger partial charge on any atom is -0.349 e. The fourth-order valence-corrected chi connectivity index (χ4v) is 4.98. The highest BCUT2D eigenvalue weighted by Crippen LogP contribution is 2.24. The molecule has 0 heterocycles. The standard InChI is InChI=1S/C21H26N2O3S/c1-2-23(19-11-7-4-8-12-19)27(25,26)20-15-13-17(14-16-20)21(24)22-18-9-5-3-6-10-18/h4,7-8,11-16,18H,2-3,5-6,9-10H2,1H3,(H,22,24). The summed E-state index contributed by atoms with van der Waals surface area (Å²) in [6, 6.07) is 15.4. The molecule has 1 amide bonds. The Bertz CT molecular complexity index is 858. The molecule has 0 saturated heterocycles. The van der Waals surface area contributed by atoms with Crippen LogP contribution in [-0.2, 0) is 10.0 Å². The molecule has 2 aromatic carbocycles. The van der Waals surface area contributed by atoms with E-state index in [4.69, 9.17) is 0 Å². The first kappa shape index (κ1) is 19.4. The number of rotatable bonds is 6. The largest absolute Gasteiger partial charge is 0.349 e. The van der Waals surface area contributed by atoms with Crippen LogP contribution in [0.5, 0.6) is 0 Å². The fraction of sp³-hybridized carbons (Fsp3) is 0.381. The average Bonchev–Trinajstić information content (AvgIpc) is 2.70. The smallest absolute Gasteiger partial charge is 0.264 e. The number of benzene rings is 2. The van der Waals surface area contributed by atoms with Crippen molar-refractivity contribution in [2.45, 2.75) is 50.0 Å². The van der Waals surface area contributed by atoms with Crippen LogP contribution in [0.4, 0.5) is 5.69 Å². The van der Waals surface area contributed by atoms with Crippen molar-refractivity contribution in [1.82, 2.24) is 5.32 Å². The summed E-state index contributed by atoms with van der Waals surface area (Å²) in [5.41, 5.74) is 1.11. The number of nitrogens with zero attached hydrogens (tertiary/aromatic N) is 1. The second-order valence-electron chi connectivity index (χ2n) is 6.84. The highest BCUT2D eigenvalue weighted by atomic mass is 32.2. The van der Waals surface area contributed by atoms with Gasteiger partial charge in [-0.15, -0.1) is 0 Å². The Hall–Kier alpha value is -2.34. The highest BCUT2D eigenvalue weighted by molar-refractivity contribution is 7.92. The SMILES string of the molecule is CCN(c1ccccc1)S(=O)(=O)c1ccc(C(=O)NC2CCCCC2)cc1. The Labute approximate surface area is 161 Å². The number of para-hydroxylation sites is 1. The number of anilines is 1. The third-order valence-electron chi connectivity index (χ3n) is 4.98. The summed E-state index contributed by atoms with van der Waals surface area (Å²) in [6.07, 6.45) is 5.55. The second kappa shape index (κ2) is 8.57. The number of amides is 1. The molecule has 0 aromatic heterocycles. The normalized spacial score (nSPS) is 15.3.